The van der Waals surface area contributed by atoms with Crippen LogP contribution in [0, 0.1) is 0 Å². The first kappa shape index (κ1) is 12.5. The molecule has 2 nitrogen and oxygen atoms in total. The van der Waals surface area contributed by atoms with Crippen LogP contribution in [0.3, 0.4) is 0 Å². The minimum Gasteiger partial charge on any atom is -0.469 e. The van der Waals surface area contributed by atoms with E-state index < -0.39 is 0 Å². The van der Waals surface area contributed by atoms with Crippen molar-refractivity contribution in [2.75, 3.05) is 6.54 Å². The molecule has 0 atom stereocenters. The van der Waals surface area contributed by atoms with Crippen molar-refractivity contribution in [3.8, 4) is 0 Å². The summed E-state index contributed by atoms with van der Waals surface area (Å²) in [6.45, 7) is 1.64. The fourth-order valence-corrected chi connectivity index (χ4v) is 1.87. The van der Waals surface area contributed by atoms with E-state index in [1.54, 1.807) is 6.26 Å². The highest BCUT2D eigenvalue weighted by molar-refractivity contribution is 6.42. The van der Waals surface area contributed by atoms with Crippen molar-refractivity contribution in [1.82, 2.24) is 5.32 Å². The summed E-state index contributed by atoms with van der Waals surface area (Å²) in [7, 11) is 0. The van der Waals surface area contributed by atoms with E-state index in [0.717, 1.165) is 30.8 Å². The zero-order chi connectivity index (χ0) is 12.1. The average molecular weight is 270 g/mol. The van der Waals surface area contributed by atoms with E-state index in [4.69, 9.17) is 27.6 Å². The number of rotatable bonds is 5. The van der Waals surface area contributed by atoms with Gasteiger partial charge in [0.05, 0.1) is 16.3 Å². The van der Waals surface area contributed by atoms with E-state index >= 15 is 0 Å². The first-order valence-electron chi connectivity index (χ1n) is 5.43. The van der Waals surface area contributed by atoms with Gasteiger partial charge in [-0.2, -0.15) is 0 Å². The second kappa shape index (κ2) is 6.10. The molecule has 1 N–H and O–H groups in total. The van der Waals surface area contributed by atoms with Crippen LogP contribution in [0.4, 0.5) is 0 Å². The van der Waals surface area contributed by atoms with Crippen molar-refractivity contribution in [1.29, 1.82) is 0 Å². The third-order valence-corrected chi connectivity index (χ3v) is 3.18. The first-order valence-corrected chi connectivity index (χ1v) is 6.18. The molecule has 0 radical (unpaired) electrons. The number of hydrogen-bond acceptors (Lipinski definition) is 2. The van der Waals surface area contributed by atoms with Gasteiger partial charge in [0.15, 0.2) is 0 Å². The highest BCUT2D eigenvalue weighted by atomic mass is 35.5. The molecule has 1 heterocycles. The van der Waals surface area contributed by atoms with Gasteiger partial charge in [-0.25, -0.2) is 0 Å². The number of furan rings is 1. The summed E-state index contributed by atoms with van der Waals surface area (Å²) in [6.07, 6.45) is 2.57. The molecule has 17 heavy (non-hydrogen) atoms. The minimum atomic E-state index is 0.589. The van der Waals surface area contributed by atoms with E-state index in [0.29, 0.717) is 10.0 Å². The SMILES string of the molecule is Clc1ccc(CNCCc2ccco2)cc1Cl. The van der Waals surface area contributed by atoms with Crippen LogP contribution in [0.5, 0.6) is 0 Å². The summed E-state index contributed by atoms with van der Waals surface area (Å²) in [5, 5.41) is 4.51. The van der Waals surface area contributed by atoms with Crippen LogP contribution in [0.15, 0.2) is 41.0 Å². The van der Waals surface area contributed by atoms with Crippen LogP contribution in [0.1, 0.15) is 11.3 Å². The molecule has 0 saturated heterocycles. The Labute approximate surface area is 111 Å². The van der Waals surface area contributed by atoms with Gasteiger partial charge < -0.3 is 9.73 Å². The highest BCUT2D eigenvalue weighted by Gasteiger charge is 1.99. The molecular weight excluding hydrogens is 257 g/mol. The Morgan fingerprint density at radius 2 is 2.00 bits per heavy atom. The second-order valence-electron chi connectivity index (χ2n) is 3.75. The maximum Gasteiger partial charge on any atom is 0.105 e. The molecule has 0 unspecified atom stereocenters. The molecule has 2 aromatic rings. The molecule has 90 valence electrons. The van der Waals surface area contributed by atoms with Crippen molar-refractivity contribution in [3.63, 3.8) is 0 Å². The Hall–Kier alpha value is -0.960. The molecule has 0 spiro atoms. The molecule has 0 saturated carbocycles. The normalized spacial score (nSPS) is 10.7. The van der Waals surface area contributed by atoms with Crippen molar-refractivity contribution in [3.05, 3.63) is 58.0 Å². The summed E-state index contributed by atoms with van der Waals surface area (Å²) < 4.78 is 5.24. The van der Waals surface area contributed by atoms with Crippen LogP contribution in [-0.2, 0) is 13.0 Å². The standard InChI is InChI=1S/C13H13Cl2NO/c14-12-4-3-10(8-13(12)15)9-16-6-5-11-2-1-7-17-11/h1-4,7-8,16H,5-6,9H2. The van der Waals surface area contributed by atoms with Gasteiger partial charge in [-0.05, 0) is 29.8 Å². The van der Waals surface area contributed by atoms with E-state index in [2.05, 4.69) is 5.32 Å². The van der Waals surface area contributed by atoms with E-state index in [9.17, 15) is 0 Å². The lowest BCUT2D eigenvalue weighted by Crippen LogP contribution is -2.16. The molecule has 0 aliphatic carbocycles. The monoisotopic (exact) mass is 269 g/mol. The smallest absolute Gasteiger partial charge is 0.105 e. The van der Waals surface area contributed by atoms with Crippen LogP contribution < -0.4 is 5.32 Å². The molecule has 2 rings (SSSR count). The zero-order valence-corrected chi connectivity index (χ0v) is 10.8. The maximum absolute atomic E-state index is 5.93. The summed E-state index contributed by atoms with van der Waals surface area (Å²) in [5.41, 5.74) is 1.12. The Kier molecular flexibility index (Phi) is 4.49. The van der Waals surface area contributed by atoms with Crippen LogP contribution in [0.25, 0.3) is 0 Å². The van der Waals surface area contributed by atoms with Gasteiger partial charge in [-0.3, -0.25) is 0 Å². The third kappa shape index (κ3) is 3.77. The summed E-state index contributed by atoms with van der Waals surface area (Å²) >= 11 is 11.8. The van der Waals surface area contributed by atoms with Crippen molar-refractivity contribution in [2.45, 2.75) is 13.0 Å². The molecule has 4 heteroatoms. The maximum atomic E-state index is 5.93. The predicted octanol–water partition coefficient (Wildman–Crippen LogP) is 3.92. The van der Waals surface area contributed by atoms with E-state index in [1.807, 2.05) is 30.3 Å². The highest BCUT2D eigenvalue weighted by Crippen LogP contribution is 2.22. The molecule has 0 aliphatic rings. The van der Waals surface area contributed by atoms with Gasteiger partial charge in [0.1, 0.15) is 5.76 Å². The largest absolute Gasteiger partial charge is 0.469 e. The van der Waals surface area contributed by atoms with Crippen molar-refractivity contribution in [2.24, 2.45) is 0 Å². The molecule has 1 aromatic carbocycles. The number of hydrogen-bond donors (Lipinski definition) is 1. The van der Waals surface area contributed by atoms with Crippen LogP contribution in [-0.4, -0.2) is 6.54 Å². The lowest BCUT2D eigenvalue weighted by atomic mass is 10.2. The molecule has 0 aliphatic heterocycles. The lowest BCUT2D eigenvalue weighted by Gasteiger charge is -2.05. The fourth-order valence-electron chi connectivity index (χ4n) is 1.55. The van der Waals surface area contributed by atoms with Gasteiger partial charge >= 0.3 is 0 Å². The first-order chi connectivity index (χ1) is 8.25. The van der Waals surface area contributed by atoms with Gasteiger partial charge in [0, 0.05) is 19.5 Å². The Balaban J connectivity index is 1.76. The topological polar surface area (TPSA) is 25.2 Å². The molecule has 0 amide bonds. The number of halogens is 2. The van der Waals surface area contributed by atoms with Gasteiger partial charge in [0.2, 0.25) is 0 Å². The fraction of sp³-hybridized carbons (Fsp3) is 0.231. The Bertz CT molecular complexity index is 468. The third-order valence-electron chi connectivity index (χ3n) is 2.44. The van der Waals surface area contributed by atoms with E-state index in [1.165, 1.54) is 0 Å². The molecule has 0 bridgehead atoms. The van der Waals surface area contributed by atoms with Crippen molar-refractivity contribution >= 4 is 23.2 Å². The average Bonchev–Trinajstić information content (AvgIpc) is 2.82. The summed E-state index contributed by atoms with van der Waals surface area (Å²) in [5.74, 6) is 0.992. The van der Waals surface area contributed by atoms with Gasteiger partial charge in [-0.1, -0.05) is 29.3 Å². The Morgan fingerprint density at radius 3 is 2.71 bits per heavy atom. The van der Waals surface area contributed by atoms with Crippen LogP contribution >= 0.6 is 23.2 Å². The Morgan fingerprint density at radius 1 is 1.12 bits per heavy atom. The minimum absolute atomic E-state index is 0.589. The van der Waals surface area contributed by atoms with Gasteiger partial charge in [0.25, 0.3) is 0 Å². The molecular formula is C13H13Cl2NO. The molecule has 1 aromatic heterocycles. The predicted molar refractivity (Wildman–Crippen MR) is 70.6 cm³/mol. The zero-order valence-electron chi connectivity index (χ0n) is 9.25. The summed E-state index contributed by atoms with van der Waals surface area (Å²) in [6, 6.07) is 9.53. The second-order valence-corrected chi connectivity index (χ2v) is 4.57. The van der Waals surface area contributed by atoms with Gasteiger partial charge in [-0.15, -0.1) is 0 Å². The van der Waals surface area contributed by atoms with E-state index in [-0.39, 0.29) is 0 Å². The van der Waals surface area contributed by atoms with Crippen molar-refractivity contribution < 1.29 is 4.42 Å². The number of nitrogens with one attached hydrogen (secondary N) is 1. The number of benzene rings is 1. The quantitative estimate of drug-likeness (QED) is 0.833. The summed E-state index contributed by atoms with van der Waals surface area (Å²) in [4.78, 5) is 0. The van der Waals surface area contributed by atoms with Crippen LogP contribution in [0.2, 0.25) is 10.0 Å². The molecule has 0 fully saturated rings. The lowest BCUT2D eigenvalue weighted by molar-refractivity contribution is 0.499.